The molecule has 2 amide bonds. The molecular formula is C55H105B2N19O19S. The number of carbonyl (C=O) groups is 3. The van der Waals surface area contributed by atoms with E-state index < -0.39 is 57.7 Å². The van der Waals surface area contributed by atoms with Gasteiger partial charge in [0.2, 0.25) is 11.8 Å². The summed E-state index contributed by atoms with van der Waals surface area (Å²) in [5, 5.41) is 55.5. The van der Waals surface area contributed by atoms with Crippen LogP contribution in [0, 0.1) is 10.1 Å². The fraction of sp³-hybridized carbons (Fsp3) is 0.836. The molecule has 0 spiro atoms. The van der Waals surface area contributed by atoms with Crippen molar-refractivity contribution in [2.45, 2.75) is 74.1 Å². The number of likely N-dealkylation sites (N-methyl/N-ethyl adjacent to an activating group) is 8. The highest BCUT2D eigenvalue weighted by molar-refractivity contribution is 7.89. The Kier molecular flexibility index (Phi) is 49.1. The van der Waals surface area contributed by atoms with E-state index in [9.17, 15) is 48.1 Å². The Morgan fingerprint density at radius 2 is 0.885 bits per heavy atom. The molecule has 3 saturated heterocycles. The zero-order valence-corrected chi connectivity index (χ0v) is 58.3. The summed E-state index contributed by atoms with van der Waals surface area (Å²) in [6.07, 6.45) is 0.921. The number of aliphatic carboxylic acids is 1. The number of hydrogen-bond acceptors (Lipinski definition) is 27. The van der Waals surface area contributed by atoms with Crippen LogP contribution in [0.4, 0.5) is 5.69 Å². The van der Waals surface area contributed by atoms with Crippen molar-refractivity contribution < 1.29 is 85.5 Å². The molecule has 6 atom stereocenters. The number of hydrogen-bond donors (Lipinski definition) is 5. The van der Waals surface area contributed by atoms with E-state index in [4.69, 9.17) is 59.2 Å². The maximum atomic E-state index is 12.6. The first-order valence-corrected chi connectivity index (χ1v) is 33.1. The third-order valence-corrected chi connectivity index (χ3v) is 16.9. The van der Waals surface area contributed by atoms with Crippen LogP contribution in [0.15, 0.2) is 44.5 Å². The molecule has 3 heterocycles. The van der Waals surface area contributed by atoms with Crippen LogP contribution in [0.5, 0.6) is 0 Å². The van der Waals surface area contributed by atoms with E-state index in [-0.39, 0.29) is 48.9 Å². The Morgan fingerprint density at radius 1 is 0.573 bits per heavy atom. The molecule has 4 rings (SSSR count). The van der Waals surface area contributed by atoms with Crippen LogP contribution in [-0.2, 0) is 67.0 Å². The Hall–Kier alpha value is -5.68. The molecule has 0 bridgehead atoms. The van der Waals surface area contributed by atoms with Crippen molar-refractivity contribution in [3.8, 4) is 0 Å². The third-order valence-electron chi connectivity index (χ3n) is 15.0. The number of nitrogens with one attached hydrogen (secondary N) is 2. The second-order valence-corrected chi connectivity index (χ2v) is 24.2. The van der Waals surface area contributed by atoms with Gasteiger partial charge in [-0.1, -0.05) is 27.5 Å². The van der Waals surface area contributed by atoms with Crippen molar-refractivity contribution >= 4 is 47.6 Å². The van der Waals surface area contributed by atoms with Gasteiger partial charge in [-0.3, -0.25) is 34.3 Å². The maximum Gasteiger partial charge on any atom is 0.376 e. The molecule has 96 heavy (non-hydrogen) atoms. The normalized spacial score (nSPS) is 18.6. The first-order chi connectivity index (χ1) is 45.9. The summed E-state index contributed by atoms with van der Waals surface area (Å²) in [6.45, 7) is 18.2. The molecule has 3 aliphatic heterocycles. The molecule has 41 heteroatoms. The first kappa shape index (κ1) is 88.3. The summed E-state index contributed by atoms with van der Waals surface area (Å²) in [6, 6.07) is 1.59. The lowest BCUT2D eigenvalue weighted by molar-refractivity contribution is -0.387. The molecule has 1 aromatic carbocycles. The lowest BCUT2D eigenvalue weighted by Gasteiger charge is -2.25. The predicted octanol–water partition coefficient (Wildman–Crippen LogP) is 0.436. The van der Waals surface area contributed by atoms with Gasteiger partial charge in [0.15, 0.2) is 4.90 Å². The van der Waals surface area contributed by atoms with E-state index in [1.807, 2.05) is 56.9 Å². The average Bonchev–Trinajstić information content (AvgIpc) is 1.47. The van der Waals surface area contributed by atoms with E-state index in [1.54, 1.807) is 42.4 Å². The van der Waals surface area contributed by atoms with Gasteiger partial charge in [0.05, 0.1) is 154 Å². The van der Waals surface area contributed by atoms with E-state index >= 15 is 0 Å². The molecule has 0 aliphatic carbocycles. The molecule has 0 saturated carbocycles. The highest BCUT2D eigenvalue weighted by Crippen LogP contribution is 2.32. The highest BCUT2D eigenvalue weighted by Gasteiger charge is 2.46. The Morgan fingerprint density at radius 3 is 1.21 bits per heavy atom. The number of azide groups is 3. The van der Waals surface area contributed by atoms with Gasteiger partial charge in [-0.2, -0.15) is 4.31 Å². The number of nitrogens with zero attached hydrogens (tertiary/aromatic N) is 17. The Balaban J connectivity index is 0.000000648. The van der Waals surface area contributed by atoms with Crippen molar-refractivity contribution in [3.05, 3.63) is 65.7 Å². The number of benzene rings is 1. The van der Waals surface area contributed by atoms with Crippen molar-refractivity contribution in [2.24, 2.45) is 15.3 Å². The van der Waals surface area contributed by atoms with Gasteiger partial charge in [0.1, 0.15) is 6.04 Å². The molecular weight excluding hydrogens is 1280 g/mol. The highest BCUT2D eigenvalue weighted by atomic mass is 32.2. The zero-order valence-electron chi connectivity index (χ0n) is 57.5. The lowest BCUT2D eigenvalue weighted by Crippen LogP contribution is -2.43. The number of carbonyl (C=O) groups excluding carboxylic acids is 2. The molecule has 3 aliphatic rings. The number of carboxylic acids is 1. The predicted molar refractivity (Wildman–Crippen MR) is 357 cm³/mol. The fourth-order valence-electron chi connectivity index (χ4n) is 9.12. The van der Waals surface area contributed by atoms with E-state index in [0.29, 0.717) is 175 Å². The summed E-state index contributed by atoms with van der Waals surface area (Å²) in [4.78, 5) is 64.8. The topological polar surface area (TPSA) is 465 Å². The van der Waals surface area contributed by atoms with Crippen molar-refractivity contribution in [1.82, 2.24) is 44.2 Å². The van der Waals surface area contributed by atoms with Crippen LogP contribution in [0.25, 0.3) is 31.3 Å². The smallest absolute Gasteiger partial charge is 0.376 e. The summed E-state index contributed by atoms with van der Waals surface area (Å²) >= 11 is 0. The van der Waals surface area contributed by atoms with Gasteiger partial charge < -0.3 is 87.8 Å². The van der Waals surface area contributed by atoms with E-state index in [2.05, 4.69) is 40.7 Å². The standard InChI is InChI=1S/C17H35BN6O5.C16H32N6O4.C11H27BN2O4.C11H11N5O6S/c1-18(26)24(4)6-8-28-10-12-29-11-9-27-7-5-22(2)17(25)16-13-15(20-21-19)14-23(16)3;1-18-4-6-24-8-10-26-11-9-25-7-5-21(2)16(23)15-12-14(19-20-17)13-22(15)3;1-12(15)14(3)5-7-17-9-11-18-10-8-16-6-4-13-2;12-14-13-7-5-9(11(17)18)15(6-7)23(21,22)10-4-2-1-3-8(10)16(19)20/h15-16,26H,5-14H2,1-4H3;14-15,18H,4-13H2,1-3H3;13,15H,4-11H2,1-3H3;1-4,7,9H,5-6H2,(H,17,18)/t15-,16-;14-,15-;;7-,9-/m00.0/s1. The van der Waals surface area contributed by atoms with Crippen molar-refractivity contribution in [3.63, 3.8) is 0 Å². The molecule has 3 fully saturated rings. The second-order valence-electron chi connectivity index (χ2n) is 22.3. The summed E-state index contributed by atoms with van der Waals surface area (Å²) in [5.74, 6) is -1.37. The summed E-state index contributed by atoms with van der Waals surface area (Å²) in [5.41, 5.74) is 24.8. The molecule has 0 radical (unpaired) electrons. The minimum Gasteiger partial charge on any atom is -0.480 e. The van der Waals surface area contributed by atoms with Crippen LogP contribution < -0.4 is 10.6 Å². The van der Waals surface area contributed by atoms with Gasteiger partial charge in [-0.25, -0.2) is 8.42 Å². The molecule has 546 valence electrons. The number of rotatable bonds is 47. The monoisotopic (exact) mass is 1390 g/mol. The third kappa shape index (κ3) is 37.3. The van der Waals surface area contributed by atoms with Crippen molar-refractivity contribution in [2.75, 3.05) is 234 Å². The van der Waals surface area contributed by atoms with Crippen LogP contribution in [0.2, 0.25) is 13.6 Å². The Labute approximate surface area is 564 Å². The zero-order chi connectivity index (χ0) is 71.7. The second kappa shape index (κ2) is 53.3. The van der Waals surface area contributed by atoms with E-state index in [0.717, 1.165) is 25.2 Å². The number of ether oxygens (including phenoxy) is 9. The number of nitro groups is 1. The minimum atomic E-state index is -4.43. The van der Waals surface area contributed by atoms with Gasteiger partial charge in [-0.05, 0) is 97.9 Å². The molecule has 0 unspecified atom stereocenters. The van der Waals surface area contributed by atoms with Gasteiger partial charge in [-0.15, -0.1) is 0 Å². The Bertz CT molecular complexity index is 2590. The number of nitro benzene ring substituents is 1. The lowest BCUT2D eigenvalue weighted by atomic mass is 9.86. The maximum absolute atomic E-state index is 12.6. The van der Waals surface area contributed by atoms with Crippen LogP contribution in [0.1, 0.15) is 19.3 Å². The SMILES string of the molecule is CB(O)N(C)CCOCCOCCOCCN(C)C(=O)[C@@H]1C[C@H](N=[N+]=[N-])CN1C.CNCCOCCOCCOCCN(C)B(C)O.CNCCOCCOCCOCCN(C)C(=O)[C@@H]1C[C@H](N=[N+]=[N-])CN1C.[N-]=[N+]=N[C@H]1C[C@@H](C(=O)O)N(S(=O)(=O)c2ccccc2[N+](=O)[O-])C1. The van der Waals surface area contributed by atoms with Crippen LogP contribution in [-0.4, -0.2) is 364 Å². The molecule has 0 aromatic heterocycles. The number of sulfonamides is 1. The van der Waals surface area contributed by atoms with Gasteiger partial charge in [0.25, 0.3) is 15.7 Å². The molecule has 38 nitrogen and oxygen atoms in total. The minimum absolute atomic E-state index is 0.0152. The van der Waals surface area contributed by atoms with E-state index in [1.165, 1.54) is 12.1 Å². The van der Waals surface area contributed by atoms with Gasteiger partial charge >= 0.3 is 20.1 Å². The van der Waals surface area contributed by atoms with Crippen LogP contribution >= 0.6 is 0 Å². The molecule has 1 aromatic rings. The fourth-order valence-corrected chi connectivity index (χ4v) is 10.9. The summed E-state index contributed by atoms with van der Waals surface area (Å²) < 4.78 is 74.5. The number of amides is 2. The van der Waals surface area contributed by atoms with Crippen molar-refractivity contribution in [1.29, 1.82) is 0 Å². The first-order valence-electron chi connectivity index (χ1n) is 31.7. The number of likely N-dealkylation sites (tertiary alicyclic amines) is 2. The number of para-hydroxylation sites is 1. The largest absolute Gasteiger partial charge is 0.480 e. The quantitative estimate of drug-likeness (QED) is 0.0112. The number of carboxylic acid groups (broad SMARTS) is 1. The summed E-state index contributed by atoms with van der Waals surface area (Å²) in [7, 11) is 9.38. The van der Waals surface area contributed by atoms with Crippen LogP contribution in [0.3, 0.4) is 0 Å². The van der Waals surface area contributed by atoms with Gasteiger partial charge in [0, 0.05) is 93.8 Å². The average molecular weight is 1390 g/mol. The molecule has 5 N–H and O–H groups in total.